The molecule has 2 aromatic rings. The highest BCUT2D eigenvalue weighted by atomic mass is 16.5. The van der Waals surface area contributed by atoms with Crippen molar-refractivity contribution in [2.24, 2.45) is 0 Å². The van der Waals surface area contributed by atoms with Crippen LogP contribution in [0.1, 0.15) is 36.8 Å². The van der Waals surface area contributed by atoms with E-state index in [1.165, 1.54) is 12.0 Å². The van der Waals surface area contributed by atoms with Gasteiger partial charge in [0.25, 0.3) is 0 Å². The van der Waals surface area contributed by atoms with E-state index < -0.39 is 0 Å². The molecule has 3 rings (SSSR count). The third-order valence-electron chi connectivity index (χ3n) is 4.70. The van der Waals surface area contributed by atoms with Crippen molar-refractivity contribution < 1.29 is 9.53 Å². The lowest BCUT2D eigenvalue weighted by atomic mass is 10.0. The monoisotopic (exact) mass is 338 g/mol. The summed E-state index contributed by atoms with van der Waals surface area (Å²) in [6.45, 7) is 0.526. The van der Waals surface area contributed by atoms with Gasteiger partial charge in [0, 0.05) is 11.7 Å². The fourth-order valence-corrected chi connectivity index (χ4v) is 3.32. The van der Waals surface area contributed by atoms with Crippen LogP contribution in [0, 0.1) is 0 Å². The number of hydrogen-bond donors (Lipinski definition) is 2. The van der Waals surface area contributed by atoms with E-state index >= 15 is 0 Å². The van der Waals surface area contributed by atoms with E-state index in [4.69, 9.17) is 10.5 Å². The number of benzene rings is 2. The maximum absolute atomic E-state index is 11.1. The van der Waals surface area contributed by atoms with Gasteiger partial charge in [0.05, 0.1) is 6.04 Å². The van der Waals surface area contributed by atoms with E-state index in [9.17, 15) is 4.79 Å². The molecule has 0 bridgehead atoms. The molecule has 1 aliphatic rings. The summed E-state index contributed by atoms with van der Waals surface area (Å²) in [4.78, 5) is 11.1. The predicted molar refractivity (Wildman–Crippen MR) is 101 cm³/mol. The summed E-state index contributed by atoms with van der Waals surface area (Å²) >= 11 is 0. The summed E-state index contributed by atoms with van der Waals surface area (Å²) < 4.78 is 5.91. The van der Waals surface area contributed by atoms with E-state index in [2.05, 4.69) is 17.4 Å². The van der Waals surface area contributed by atoms with Gasteiger partial charge in [-0.2, -0.15) is 0 Å². The quantitative estimate of drug-likeness (QED) is 0.625. The zero-order chi connectivity index (χ0) is 17.5. The summed E-state index contributed by atoms with van der Waals surface area (Å²) in [5.41, 5.74) is 8.80. The second-order valence-electron chi connectivity index (χ2n) is 6.77. The smallest absolute Gasteiger partial charge is 0.136 e. The molecule has 3 N–H and O–H groups in total. The minimum Gasteiger partial charge on any atom is -0.489 e. The Hall–Kier alpha value is -2.33. The molecule has 0 spiro atoms. The first-order chi connectivity index (χ1) is 12.2. The van der Waals surface area contributed by atoms with Crippen molar-refractivity contribution in [2.45, 2.75) is 50.8 Å². The zero-order valence-electron chi connectivity index (χ0n) is 14.5. The molecule has 1 saturated heterocycles. The minimum atomic E-state index is -0.00236. The van der Waals surface area contributed by atoms with Crippen molar-refractivity contribution in [1.29, 1.82) is 0 Å². The number of aldehydes is 1. The molecule has 2 atom stereocenters. The normalized spacial score (nSPS) is 20.6. The number of nitrogens with two attached hydrogens (primary N) is 1. The molecular formula is C21H26N2O2. The van der Waals surface area contributed by atoms with Gasteiger partial charge in [-0.1, -0.05) is 37.1 Å². The van der Waals surface area contributed by atoms with Crippen molar-refractivity contribution in [3.63, 3.8) is 0 Å². The van der Waals surface area contributed by atoms with Gasteiger partial charge in [0.15, 0.2) is 0 Å². The van der Waals surface area contributed by atoms with E-state index in [1.807, 2.05) is 36.4 Å². The lowest BCUT2D eigenvalue weighted by Crippen LogP contribution is -2.38. The van der Waals surface area contributed by atoms with E-state index in [-0.39, 0.29) is 6.04 Å². The number of nitrogen functional groups attached to an aromatic ring is 1. The molecule has 25 heavy (non-hydrogen) atoms. The number of anilines is 1. The lowest BCUT2D eigenvalue weighted by Gasteiger charge is -2.19. The standard InChI is InChI=1S/C21H26N2O2/c22-18-10-8-16(9-11-18)15-25-21-7-3-4-17(13-21)12-19-5-1-2-6-20(14-24)23-19/h3-4,7-11,13-14,19-20,23H,1-2,5-6,12,15,22H2. The maximum atomic E-state index is 11.1. The van der Waals surface area contributed by atoms with Crippen LogP contribution >= 0.6 is 0 Å². The highest BCUT2D eigenvalue weighted by Crippen LogP contribution is 2.20. The van der Waals surface area contributed by atoms with Gasteiger partial charge in [-0.25, -0.2) is 0 Å². The summed E-state index contributed by atoms with van der Waals surface area (Å²) in [5, 5.41) is 3.48. The summed E-state index contributed by atoms with van der Waals surface area (Å²) in [6, 6.07) is 16.3. The zero-order valence-corrected chi connectivity index (χ0v) is 14.5. The third-order valence-corrected chi connectivity index (χ3v) is 4.70. The second kappa shape index (κ2) is 8.67. The van der Waals surface area contributed by atoms with Gasteiger partial charge in [-0.05, 0) is 54.7 Å². The van der Waals surface area contributed by atoms with Gasteiger partial charge in [-0.15, -0.1) is 0 Å². The van der Waals surface area contributed by atoms with Crippen LogP contribution in [-0.4, -0.2) is 18.4 Å². The first-order valence-electron chi connectivity index (χ1n) is 9.00. The van der Waals surface area contributed by atoms with Gasteiger partial charge in [0.2, 0.25) is 0 Å². The van der Waals surface area contributed by atoms with Crippen LogP contribution in [0.2, 0.25) is 0 Å². The van der Waals surface area contributed by atoms with Crippen LogP contribution in [0.4, 0.5) is 5.69 Å². The molecule has 0 radical (unpaired) electrons. The van der Waals surface area contributed by atoms with Gasteiger partial charge in [-0.3, -0.25) is 0 Å². The SMILES string of the molecule is Nc1ccc(COc2cccc(CC3CCCCC(C=O)N3)c2)cc1. The topological polar surface area (TPSA) is 64.3 Å². The molecule has 0 saturated carbocycles. The van der Waals surface area contributed by atoms with Crippen LogP contribution in [-0.2, 0) is 17.8 Å². The summed E-state index contributed by atoms with van der Waals surface area (Å²) in [7, 11) is 0. The van der Waals surface area contributed by atoms with Crippen molar-refractivity contribution >= 4 is 12.0 Å². The van der Waals surface area contributed by atoms with Crippen LogP contribution in [0.5, 0.6) is 5.75 Å². The van der Waals surface area contributed by atoms with E-state index in [0.29, 0.717) is 12.6 Å². The Balaban J connectivity index is 1.58. The Morgan fingerprint density at radius 3 is 2.68 bits per heavy atom. The van der Waals surface area contributed by atoms with Crippen LogP contribution in [0.3, 0.4) is 0 Å². The Kier molecular flexibility index (Phi) is 6.07. The molecule has 4 nitrogen and oxygen atoms in total. The Morgan fingerprint density at radius 2 is 1.88 bits per heavy atom. The van der Waals surface area contributed by atoms with Crippen LogP contribution < -0.4 is 15.8 Å². The molecule has 1 aliphatic heterocycles. The molecule has 4 heteroatoms. The Bertz CT molecular complexity index is 685. The van der Waals surface area contributed by atoms with E-state index in [0.717, 1.165) is 49.0 Å². The number of nitrogens with one attached hydrogen (secondary N) is 1. The highest BCUT2D eigenvalue weighted by molar-refractivity contribution is 5.57. The Morgan fingerprint density at radius 1 is 1.08 bits per heavy atom. The first kappa shape index (κ1) is 17.5. The molecule has 132 valence electrons. The maximum Gasteiger partial charge on any atom is 0.136 e. The summed E-state index contributed by atoms with van der Waals surface area (Å²) in [6.07, 6.45) is 6.33. The molecule has 1 heterocycles. The lowest BCUT2D eigenvalue weighted by molar-refractivity contribution is -0.109. The third kappa shape index (κ3) is 5.33. The first-order valence-corrected chi connectivity index (χ1v) is 9.00. The molecular weight excluding hydrogens is 312 g/mol. The average molecular weight is 338 g/mol. The molecule has 2 aromatic carbocycles. The van der Waals surface area contributed by atoms with Crippen LogP contribution in [0.15, 0.2) is 48.5 Å². The van der Waals surface area contributed by atoms with Gasteiger partial charge >= 0.3 is 0 Å². The van der Waals surface area contributed by atoms with Crippen LogP contribution in [0.25, 0.3) is 0 Å². The molecule has 0 amide bonds. The molecule has 1 fully saturated rings. The molecule has 0 aromatic heterocycles. The highest BCUT2D eigenvalue weighted by Gasteiger charge is 2.18. The average Bonchev–Trinajstić information content (AvgIpc) is 2.87. The Labute approximate surface area is 149 Å². The van der Waals surface area contributed by atoms with Crippen molar-refractivity contribution in [1.82, 2.24) is 5.32 Å². The fourth-order valence-electron chi connectivity index (χ4n) is 3.32. The van der Waals surface area contributed by atoms with Crippen molar-refractivity contribution in [2.75, 3.05) is 5.73 Å². The van der Waals surface area contributed by atoms with Gasteiger partial charge < -0.3 is 20.6 Å². The van der Waals surface area contributed by atoms with Gasteiger partial charge in [0.1, 0.15) is 18.6 Å². The molecule has 0 aliphatic carbocycles. The number of ether oxygens (including phenoxy) is 1. The van der Waals surface area contributed by atoms with Crippen molar-refractivity contribution in [3.8, 4) is 5.75 Å². The minimum absolute atomic E-state index is 0.00236. The number of carbonyl (C=O) groups is 1. The number of hydrogen-bond acceptors (Lipinski definition) is 4. The number of carbonyl (C=O) groups excluding carboxylic acids is 1. The molecule has 2 unspecified atom stereocenters. The second-order valence-corrected chi connectivity index (χ2v) is 6.77. The van der Waals surface area contributed by atoms with Crippen molar-refractivity contribution in [3.05, 3.63) is 59.7 Å². The number of rotatable bonds is 6. The van der Waals surface area contributed by atoms with E-state index in [1.54, 1.807) is 0 Å². The summed E-state index contributed by atoms with van der Waals surface area (Å²) in [5.74, 6) is 0.870. The fraction of sp³-hybridized carbons (Fsp3) is 0.381. The predicted octanol–water partition coefficient (Wildman–Crippen LogP) is 3.49. The largest absolute Gasteiger partial charge is 0.489 e.